The number of hydrogen-bond donors (Lipinski definition) is 1. The summed E-state index contributed by atoms with van der Waals surface area (Å²) in [5.41, 5.74) is 2.76. The molecule has 132 valence electrons. The van der Waals surface area contributed by atoms with Crippen LogP contribution in [0.1, 0.15) is 23.5 Å². The fourth-order valence-electron chi connectivity index (χ4n) is 3.17. The van der Waals surface area contributed by atoms with E-state index in [1.807, 2.05) is 36.6 Å². The largest absolute Gasteiger partial charge is 0.497 e. The van der Waals surface area contributed by atoms with Gasteiger partial charge in [0.25, 0.3) is 0 Å². The van der Waals surface area contributed by atoms with Crippen LogP contribution in [0.25, 0.3) is 0 Å². The molecule has 0 fully saturated rings. The van der Waals surface area contributed by atoms with Gasteiger partial charge in [0.1, 0.15) is 17.2 Å². The van der Waals surface area contributed by atoms with Crippen LogP contribution in [-0.2, 0) is 4.79 Å². The number of rotatable bonds is 5. The predicted octanol–water partition coefficient (Wildman–Crippen LogP) is 3.91. The molecule has 1 N–H and O–H groups in total. The lowest BCUT2D eigenvalue weighted by molar-refractivity contribution is -0.116. The van der Waals surface area contributed by atoms with Crippen LogP contribution in [0.5, 0.6) is 17.2 Å². The first kappa shape index (κ1) is 17.5. The van der Waals surface area contributed by atoms with Gasteiger partial charge in [-0.1, -0.05) is 6.07 Å². The lowest BCUT2D eigenvalue weighted by Crippen LogP contribution is -2.23. The van der Waals surface area contributed by atoms with E-state index in [-0.39, 0.29) is 11.8 Å². The lowest BCUT2D eigenvalue weighted by Gasteiger charge is -2.28. The Morgan fingerprint density at radius 1 is 1.00 bits per heavy atom. The topological polar surface area (TPSA) is 56.8 Å². The van der Waals surface area contributed by atoms with Gasteiger partial charge in [-0.15, -0.1) is 11.8 Å². The molecule has 1 aliphatic heterocycles. The molecule has 0 spiro atoms. The minimum atomic E-state index is -0.102. The number of carbonyl (C=O) groups is 1. The molecule has 1 unspecified atom stereocenters. The molecule has 2 aromatic carbocycles. The standard InChI is InChI=1S/C19H21NO4S/c1-22-11-5-6-12-13(9-19(21)20-15(12)7-11)14-8-17(24-3)18(25-4)10-16(14)23-2/h5-8,10,13H,9H2,1-4H3,(H,20,21). The molecule has 1 heterocycles. The number of benzene rings is 2. The monoisotopic (exact) mass is 359 g/mol. The first-order valence-corrected chi connectivity index (χ1v) is 9.11. The van der Waals surface area contributed by atoms with Crippen molar-refractivity contribution in [3.05, 3.63) is 41.5 Å². The zero-order valence-corrected chi connectivity index (χ0v) is 15.5. The molecule has 0 saturated carbocycles. The van der Waals surface area contributed by atoms with Crippen molar-refractivity contribution in [2.24, 2.45) is 0 Å². The smallest absolute Gasteiger partial charge is 0.225 e. The van der Waals surface area contributed by atoms with Crippen LogP contribution in [0.3, 0.4) is 0 Å². The lowest BCUT2D eigenvalue weighted by atomic mass is 9.84. The number of methoxy groups -OCH3 is 3. The fourth-order valence-corrected chi connectivity index (χ4v) is 3.74. The minimum absolute atomic E-state index is 0.0271. The van der Waals surface area contributed by atoms with Crippen molar-refractivity contribution in [3.8, 4) is 17.2 Å². The minimum Gasteiger partial charge on any atom is -0.497 e. The summed E-state index contributed by atoms with van der Waals surface area (Å²) in [4.78, 5) is 13.3. The molecular formula is C19H21NO4S. The molecule has 3 rings (SSSR count). The second kappa shape index (κ2) is 7.27. The van der Waals surface area contributed by atoms with Crippen LogP contribution in [-0.4, -0.2) is 33.5 Å². The number of ether oxygens (including phenoxy) is 3. The van der Waals surface area contributed by atoms with E-state index >= 15 is 0 Å². The molecule has 1 aliphatic rings. The van der Waals surface area contributed by atoms with Gasteiger partial charge in [-0.25, -0.2) is 0 Å². The Morgan fingerprint density at radius 2 is 1.76 bits per heavy atom. The average molecular weight is 359 g/mol. The van der Waals surface area contributed by atoms with Gasteiger partial charge in [0, 0.05) is 29.7 Å². The maximum Gasteiger partial charge on any atom is 0.225 e. The molecule has 0 aromatic heterocycles. The Bertz CT molecular complexity index is 806. The Balaban J connectivity index is 2.15. The van der Waals surface area contributed by atoms with Crippen molar-refractivity contribution in [1.29, 1.82) is 0 Å². The highest BCUT2D eigenvalue weighted by Gasteiger charge is 2.30. The molecule has 6 heteroatoms. The summed E-state index contributed by atoms with van der Waals surface area (Å²) in [6.45, 7) is 0. The van der Waals surface area contributed by atoms with Crippen LogP contribution in [0, 0.1) is 0 Å². The maximum absolute atomic E-state index is 12.3. The van der Waals surface area contributed by atoms with Crippen molar-refractivity contribution >= 4 is 23.4 Å². The first-order valence-electron chi connectivity index (χ1n) is 7.89. The van der Waals surface area contributed by atoms with E-state index in [9.17, 15) is 4.79 Å². The number of amides is 1. The summed E-state index contributed by atoms with van der Waals surface area (Å²) in [5.74, 6) is 2.12. The molecule has 1 atom stereocenters. The molecule has 0 bridgehead atoms. The van der Waals surface area contributed by atoms with Gasteiger partial charge < -0.3 is 19.5 Å². The van der Waals surface area contributed by atoms with Crippen LogP contribution >= 0.6 is 11.8 Å². The Morgan fingerprint density at radius 3 is 2.40 bits per heavy atom. The summed E-state index contributed by atoms with van der Waals surface area (Å²) in [6, 6.07) is 9.69. The summed E-state index contributed by atoms with van der Waals surface area (Å²) < 4.78 is 16.4. The van der Waals surface area contributed by atoms with E-state index in [2.05, 4.69) is 5.32 Å². The summed E-state index contributed by atoms with van der Waals surface area (Å²) in [7, 11) is 4.91. The Hall–Kier alpha value is -2.34. The van der Waals surface area contributed by atoms with Gasteiger partial charge in [0.15, 0.2) is 0 Å². The number of anilines is 1. The molecule has 5 nitrogen and oxygen atoms in total. The van der Waals surface area contributed by atoms with Crippen molar-refractivity contribution < 1.29 is 19.0 Å². The quantitative estimate of drug-likeness (QED) is 0.821. The maximum atomic E-state index is 12.3. The Kier molecular flexibility index (Phi) is 5.08. The number of hydrogen-bond acceptors (Lipinski definition) is 5. The molecule has 25 heavy (non-hydrogen) atoms. The van der Waals surface area contributed by atoms with Crippen molar-refractivity contribution in [1.82, 2.24) is 0 Å². The van der Waals surface area contributed by atoms with E-state index in [1.165, 1.54) is 0 Å². The van der Waals surface area contributed by atoms with Crippen LogP contribution in [0.2, 0.25) is 0 Å². The van der Waals surface area contributed by atoms with Gasteiger partial charge in [-0.3, -0.25) is 4.79 Å². The number of thioether (sulfide) groups is 1. The predicted molar refractivity (Wildman–Crippen MR) is 99.4 cm³/mol. The zero-order chi connectivity index (χ0) is 18.0. The summed E-state index contributed by atoms with van der Waals surface area (Å²) >= 11 is 1.60. The van der Waals surface area contributed by atoms with E-state index < -0.39 is 0 Å². The second-order valence-corrected chi connectivity index (χ2v) is 6.56. The third-order valence-electron chi connectivity index (χ3n) is 4.41. The fraction of sp³-hybridized carbons (Fsp3) is 0.316. The van der Waals surface area contributed by atoms with Crippen LogP contribution in [0.4, 0.5) is 5.69 Å². The summed E-state index contributed by atoms with van der Waals surface area (Å²) in [5, 5.41) is 2.93. The normalized spacial score (nSPS) is 16.0. The second-order valence-electron chi connectivity index (χ2n) is 5.71. The van der Waals surface area contributed by atoms with Gasteiger partial charge in [-0.05, 0) is 30.0 Å². The van der Waals surface area contributed by atoms with Gasteiger partial charge in [-0.2, -0.15) is 0 Å². The molecule has 0 aliphatic carbocycles. The van der Waals surface area contributed by atoms with Crippen molar-refractivity contribution in [3.63, 3.8) is 0 Å². The molecule has 0 saturated heterocycles. The Labute approximate surface area is 151 Å². The van der Waals surface area contributed by atoms with Crippen molar-refractivity contribution in [2.45, 2.75) is 17.2 Å². The molecule has 1 amide bonds. The van der Waals surface area contributed by atoms with E-state index in [0.29, 0.717) is 12.2 Å². The third kappa shape index (κ3) is 3.26. The number of fused-ring (bicyclic) bond motifs is 1. The van der Waals surface area contributed by atoms with Crippen molar-refractivity contribution in [2.75, 3.05) is 32.9 Å². The zero-order valence-electron chi connectivity index (χ0n) is 14.7. The van der Waals surface area contributed by atoms with E-state index in [1.54, 1.807) is 33.1 Å². The third-order valence-corrected chi connectivity index (χ3v) is 5.17. The molecule has 0 radical (unpaired) electrons. The number of nitrogens with one attached hydrogen (secondary N) is 1. The highest BCUT2D eigenvalue weighted by Crippen LogP contribution is 2.45. The SMILES string of the molecule is COc1ccc2c(c1)NC(=O)CC2c1cc(OC)c(SC)cc1OC. The highest BCUT2D eigenvalue weighted by molar-refractivity contribution is 7.98. The summed E-state index contributed by atoms with van der Waals surface area (Å²) in [6.07, 6.45) is 2.35. The van der Waals surface area contributed by atoms with Gasteiger partial charge in [0.2, 0.25) is 5.91 Å². The number of carbonyl (C=O) groups excluding carboxylic acids is 1. The molecule has 2 aromatic rings. The first-order chi connectivity index (χ1) is 12.1. The van der Waals surface area contributed by atoms with E-state index in [4.69, 9.17) is 14.2 Å². The highest BCUT2D eigenvalue weighted by atomic mass is 32.2. The molecular weight excluding hydrogens is 338 g/mol. The van der Waals surface area contributed by atoms with E-state index in [0.717, 1.165) is 33.2 Å². The van der Waals surface area contributed by atoms with Gasteiger partial charge >= 0.3 is 0 Å². The van der Waals surface area contributed by atoms with Crippen LogP contribution < -0.4 is 19.5 Å². The average Bonchev–Trinajstić information content (AvgIpc) is 2.65. The van der Waals surface area contributed by atoms with Crippen LogP contribution in [0.15, 0.2) is 35.2 Å². The van der Waals surface area contributed by atoms with Gasteiger partial charge in [0.05, 0.1) is 26.2 Å².